The zero-order chi connectivity index (χ0) is 22.5. The Morgan fingerprint density at radius 2 is 1.00 bits per heavy atom. The van der Waals surface area contributed by atoms with Crippen LogP contribution >= 0.6 is 0 Å². The summed E-state index contributed by atoms with van der Waals surface area (Å²) in [5.41, 5.74) is 17.3. The van der Waals surface area contributed by atoms with Crippen LogP contribution in [-0.2, 0) is 19.2 Å². The summed E-state index contributed by atoms with van der Waals surface area (Å²) in [6, 6.07) is -1.86. The molecular formula is C17H36N4O6. The van der Waals surface area contributed by atoms with Crippen molar-refractivity contribution in [1.29, 1.82) is 0 Å². The van der Waals surface area contributed by atoms with E-state index in [2.05, 4.69) is 0 Å². The number of carbonyl (C=O) groups excluding carboxylic acids is 2. The van der Waals surface area contributed by atoms with Crippen molar-refractivity contribution in [3.63, 3.8) is 0 Å². The topological polar surface area (TPSA) is 190 Å². The van der Waals surface area contributed by atoms with Crippen LogP contribution in [0, 0.1) is 11.8 Å². The number of hydrogen-bond donors (Lipinski definition) is 5. The Balaban J connectivity index is -0.000000603. The van der Waals surface area contributed by atoms with E-state index in [-0.39, 0.29) is 18.4 Å². The Hall–Kier alpha value is -2.04. The summed E-state index contributed by atoms with van der Waals surface area (Å²) >= 11 is 0. The zero-order valence-electron chi connectivity index (χ0n) is 17.3. The molecule has 0 aromatic heterocycles. The lowest BCUT2D eigenvalue weighted by atomic mass is 9.99. The van der Waals surface area contributed by atoms with Gasteiger partial charge in [-0.25, -0.2) is 0 Å². The first-order valence-corrected chi connectivity index (χ1v) is 8.58. The van der Waals surface area contributed by atoms with Crippen LogP contribution in [0.15, 0.2) is 0 Å². The molecule has 0 aliphatic carbocycles. The van der Waals surface area contributed by atoms with Gasteiger partial charge in [0.25, 0.3) is 11.9 Å². The fourth-order valence-electron chi connectivity index (χ4n) is 1.54. The second-order valence-electron chi connectivity index (χ2n) is 6.71. The van der Waals surface area contributed by atoms with Gasteiger partial charge in [0.05, 0.1) is 12.1 Å². The fraction of sp³-hybridized carbons (Fsp3) is 0.765. The molecule has 0 aromatic carbocycles. The summed E-state index contributed by atoms with van der Waals surface area (Å²) in [7, 11) is 0. The normalized spacial score (nSPS) is 13.3. The minimum Gasteiger partial charge on any atom is -0.481 e. The standard InChI is InChI=1S/C13H28N4O2.2C2H4O2/c1-7(2)10(15)12(18)17(9(5)6-14)13(19)11(16)8(3)4;2*1-2(3)4/h7-11H,6,14-16H2,1-5H3;2*1H3,(H,3,4)/t9?,10-,11-;;/m0../s1. The number of nitrogens with zero attached hydrogens (tertiary/aromatic N) is 1. The van der Waals surface area contributed by atoms with Gasteiger partial charge in [-0.05, 0) is 18.8 Å². The highest BCUT2D eigenvalue weighted by Gasteiger charge is 2.34. The predicted octanol–water partition coefficient (Wildman–Crippen LogP) is -0.163. The number of carbonyl (C=O) groups is 4. The van der Waals surface area contributed by atoms with Gasteiger partial charge in [0.1, 0.15) is 0 Å². The van der Waals surface area contributed by atoms with Crippen LogP contribution in [-0.4, -0.2) is 63.5 Å². The van der Waals surface area contributed by atoms with Crippen molar-refractivity contribution in [2.75, 3.05) is 6.54 Å². The van der Waals surface area contributed by atoms with E-state index < -0.39 is 41.9 Å². The van der Waals surface area contributed by atoms with Crippen molar-refractivity contribution < 1.29 is 29.4 Å². The largest absolute Gasteiger partial charge is 0.481 e. The summed E-state index contributed by atoms with van der Waals surface area (Å²) in [6.07, 6.45) is 0. The lowest BCUT2D eigenvalue weighted by Crippen LogP contribution is -2.58. The van der Waals surface area contributed by atoms with Crippen LogP contribution in [0.4, 0.5) is 0 Å². The number of nitrogens with two attached hydrogens (primary N) is 3. The van der Waals surface area contributed by atoms with Gasteiger partial charge in [-0.2, -0.15) is 0 Å². The van der Waals surface area contributed by atoms with Gasteiger partial charge in [0.2, 0.25) is 11.8 Å². The van der Waals surface area contributed by atoms with E-state index in [0.29, 0.717) is 0 Å². The highest BCUT2D eigenvalue weighted by atomic mass is 16.4. The summed E-state index contributed by atoms with van der Waals surface area (Å²) in [6.45, 7) is 11.4. The van der Waals surface area contributed by atoms with Crippen molar-refractivity contribution >= 4 is 23.8 Å². The van der Waals surface area contributed by atoms with Crippen LogP contribution in [0.2, 0.25) is 0 Å². The van der Waals surface area contributed by atoms with Crippen LogP contribution in [0.1, 0.15) is 48.5 Å². The van der Waals surface area contributed by atoms with E-state index in [0.717, 1.165) is 18.7 Å². The molecule has 10 heteroatoms. The molecule has 0 aliphatic heterocycles. The molecule has 2 amide bonds. The minimum absolute atomic E-state index is 0.0527. The predicted molar refractivity (Wildman–Crippen MR) is 103 cm³/mol. The molecule has 0 spiro atoms. The number of rotatable bonds is 6. The quantitative estimate of drug-likeness (QED) is 0.408. The van der Waals surface area contributed by atoms with Crippen LogP contribution in [0.25, 0.3) is 0 Å². The van der Waals surface area contributed by atoms with E-state index >= 15 is 0 Å². The molecule has 3 atom stereocenters. The molecule has 27 heavy (non-hydrogen) atoms. The number of carboxylic acid groups (broad SMARTS) is 2. The average molecular weight is 392 g/mol. The molecule has 1 unspecified atom stereocenters. The first kappa shape index (κ1) is 29.7. The van der Waals surface area contributed by atoms with E-state index in [9.17, 15) is 9.59 Å². The molecule has 0 radical (unpaired) electrons. The van der Waals surface area contributed by atoms with Gasteiger partial charge in [-0.3, -0.25) is 24.1 Å². The zero-order valence-corrected chi connectivity index (χ0v) is 17.3. The van der Waals surface area contributed by atoms with Gasteiger partial charge in [-0.15, -0.1) is 0 Å². The SMILES string of the molecule is CC(=O)O.CC(=O)O.CC(C)[C@H](N)C(=O)N(C(=O)[C@@H](N)C(C)C)C(C)CN. The fourth-order valence-corrected chi connectivity index (χ4v) is 1.54. The molecular weight excluding hydrogens is 356 g/mol. The van der Waals surface area contributed by atoms with E-state index in [1.165, 1.54) is 0 Å². The van der Waals surface area contributed by atoms with Crippen molar-refractivity contribution in [2.45, 2.75) is 66.6 Å². The van der Waals surface area contributed by atoms with Crippen molar-refractivity contribution in [2.24, 2.45) is 29.0 Å². The smallest absolute Gasteiger partial charge is 0.300 e. The second-order valence-corrected chi connectivity index (χ2v) is 6.71. The molecule has 0 saturated carbocycles. The lowest BCUT2D eigenvalue weighted by Gasteiger charge is -2.32. The summed E-state index contributed by atoms with van der Waals surface area (Å²) < 4.78 is 0. The van der Waals surface area contributed by atoms with Crippen LogP contribution in [0.3, 0.4) is 0 Å². The molecule has 0 heterocycles. The third kappa shape index (κ3) is 14.8. The van der Waals surface area contributed by atoms with Crippen LogP contribution in [0.5, 0.6) is 0 Å². The maximum Gasteiger partial charge on any atom is 0.300 e. The van der Waals surface area contributed by atoms with Crippen molar-refractivity contribution in [3.8, 4) is 0 Å². The molecule has 0 rings (SSSR count). The van der Waals surface area contributed by atoms with Crippen molar-refractivity contribution in [3.05, 3.63) is 0 Å². The summed E-state index contributed by atoms with van der Waals surface area (Å²) in [4.78, 5) is 43.8. The maximum atomic E-state index is 12.3. The summed E-state index contributed by atoms with van der Waals surface area (Å²) in [5.74, 6) is -2.59. The molecule has 0 bridgehead atoms. The van der Waals surface area contributed by atoms with Crippen molar-refractivity contribution in [1.82, 2.24) is 4.90 Å². The van der Waals surface area contributed by atoms with E-state index in [1.807, 2.05) is 27.7 Å². The lowest BCUT2D eigenvalue weighted by molar-refractivity contribution is -0.150. The van der Waals surface area contributed by atoms with Gasteiger partial charge in [-0.1, -0.05) is 27.7 Å². The highest BCUT2D eigenvalue weighted by molar-refractivity contribution is 6.00. The molecule has 0 saturated heterocycles. The van der Waals surface area contributed by atoms with E-state index in [4.69, 9.17) is 37.0 Å². The maximum absolute atomic E-state index is 12.3. The molecule has 0 aliphatic rings. The molecule has 160 valence electrons. The first-order valence-electron chi connectivity index (χ1n) is 8.58. The van der Waals surface area contributed by atoms with Gasteiger partial charge in [0.15, 0.2) is 0 Å². The number of hydrogen-bond acceptors (Lipinski definition) is 7. The van der Waals surface area contributed by atoms with Gasteiger partial charge >= 0.3 is 0 Å². The minimum atomic E-state index is -0.833. The Morgan fingerprint density at radius 3 is 1.15 bits per heavy atom. The third-order valence-electron chi connectivity index (χ3n) is 3.26. The number of aliphatic carboxylic acids is 2. The van der Waals surface area contributed by atoms with E-state index in [1.54, 1.807) is 6.92 Å². The summed E-state index contributed by atoms with van der Waals surface area (Å²) in [5, 5.41) is 14.8. The monoisotopic (exact) mass is 392 g/mol. The second kappa shape index (κ2) is 15.1. The van der Waals surface area contributed by atoms with Gasteiger partial charge < -0.3 is 27.4 Å². The highest BCUT2D eigenvalue weighted by Crippen LogP contribution is 2.11. The Bertz CT molecular complexity index is 436. The number of carboxylic acids is 2. The molecule has 0 fully saturated rings. The molecule has 10 nitrogen and oxygen atoms in total. The third-order valence-corrected chi connectivity index (χ3v) is 3.26. The van der Waals surface area contributed by atoms with Crippen LogP contribution < -0.4 is 17.2 Å². The number of imide groups is 1. The molecule has 0 aromatic rings. The first-order chi connectivity index (χ1) is 12.1. The number of amides is 2. The van der Waals surface area contributed by atoms with Gasteiger partial charge in [0, 0.05) is 26.4 Å². The molecule has 8 N–H and O–H groups in total. The average Bonchev–Trinajstić information content (AvgIpc) is 2.51. The Morgan fingerprint density at radius 1 is 0.778 bits per heavy atom. The Kier molecular flexibility index (Phi) is 16.6. The Labute approximate surface area is 161 Å².